The SMILES string of the molecule is Cc1nc2cc(-c3ccccn3)[nH]n2c(=O)c1CCN. The Hall–Kier alpha value is -2.47. The lowest BCUT2D eigenvalue weighted by Crippen LogP contribution is -2.23. The molecule has 0 aromatic carbocycles. The van der Waals surface area contributed by atoms with Gasteiger partial charge in [0.2, 0.25) is 0 Å². The highest BCUT2D eigenvalue weighted by atomic mass is 16.1. The molecule has 0 aliphatic rings. The number of aryl methyl sites for hydroxylation is 1. The molecule has 0 radical (unpaired) electrons. The maximum Gasteiger partial charge on any atom is 0.276 e. The fourth-order valence-corrected chi connectivity index (χ4v) is 2.26. The topological polar surface area (TPSA) is 89.1 Å². The van der Waals surface area contributed by atoms with E-state index in [4.69, 9.17) is 5.73 Å². The van der Waals surface area contributed by atoms with Crippen LogP contribution in [0.2, 0.25) is 0 Å². The van der Waals surface area contributed by atoms with Gasteiger partial charge >= 0.3 is 0 Å². The van der Waals surface area contributed by atoms with Gasteiger partial charge in [0.15, 0.2) is 5.65 Å². The highest BCUT2D eigenvalue weighted by Crippen LogP contribution is 2.15. The average molecular weight is 269 g/mol. The second-order valence-corrected chi connectivity index (χ2v) is 4.60. The van der Waals surface area contributed by atoms with Gasteiger partial charge in [-0.25, -0.2) is 9.50 Å². The summed E-state index contributed by atoms with van der Waals surface area (Å²) in [5.41, 5.74) is 8.95. The average Bonchev–Trinajstić information content (AvgIpc) is 2.88. The maximum atomic E-state index is 12.4. The zero-order valence-corrected chi connectivity index (χ0v) is 11.1. The summed E-state index contributed by atoms with van der Waals surface area (Å²) in [6.45, 7) is 2.26. The molecular formula is C14H15N5O. The summed E-state index contributed by atoms with van der Waals surface area (Å²) in [7, 11) is 0. The summed E-state index contributed by atoms with van der Waals surface area (Å²) in [5, 5.41) is 3.04. The molecule has 0 spiro atoms. The van der Waals surface area contributed by atoms with E-state index in [0.717, 1.165) is 17.1 Å². The van der Waals surface area contributed by atoms with Crippen molar-refractivity contribution >= 4 is 5.65 Å². The van der Waals surface area contributed by atoms with Crippen LogP contribution in [-0.2, 0) is 6.42 Å². The van der Waals surface area contributed by atoms with Gasteiger partial charge in [0.25, 0.3) is 5.56 Å². The Labute approximate surface area is 115 Å². The highest BCUT2D eigenvalue weighted by Gasteiger charge is 2.12. The van der Waals surface area contributed by atoms with Gasteiger partial charge in [0.05, 0.1) is 11.4 Å². The van der Waals surface area contributed by atoms with Crippen LogP contribution in [0.4, 0.5) is 0 Å². The van der Waals surface area contributed by atoms with Gasteiger partial charge in [0.1, 0.15) is 0 Å². The molecule has 3 aromatic rings. The van der Waals surface area contributed by atoms with E-state index in [2.05, 4.69) is 15.1 Å². The van der Waals surface area contributed by atoms with Crippen molar-refractivity contribution in [1.82, 2.24) is 19.6 Å². The number of fused-ring (bicyclic) bond motifs is 1. The number of pyridine rings is 1. The standard InChI is InChI=1S/C14H15N5O/c1-9-10(5-6-15)14(20)19-13(17-9)8-12(18-19)11-4-2-3-7-16-11/h2-4,7-8,18H,5-6,15H2,1H3. The predicted octanol–water partition coefficient (Wildman–Crippen LogP) is 0.894. The molecule has 6 nitrogen and oxygen atoms in total. The number of aromatic amines is 1. The first-order valence-corrected chi connectivity index (χ1v) is 6.43. The van der Waals surface area contributed by atoms with E-state index in [-0.39, 0.29) is 5.56 Å². The molecule has 20 heavy (non-hydrogen) atoms. The van der Waals surface area contributed by atoms with Crippen LogP contribution in [0.15, 0.2) is 35.3 Å². The van der Waals surface area contributed by atoms with Gasteiger partial charge in [-0.3, -0.25) is 14.9 Å². The first kappa shape index (κ1) is 12.6. The van der Waals surface area contributed by atoms with Crippen molar-refractivity contribution in [3.8, 4) is 11.4 Å². The van der Waals surface area contributed by atoms with Crippen molar-refractivity contribution in [2.45, 2.75) is 13.3 Å². The molecule has 3 rings (SSSR count). The van der Waals surface area contributed by atoms with Gasteiger partial charge in [0, 0.05) is 23.5 Å². The minimum Gasteiger partial charge on any atom is -0.330 e. The molecule has 0 atom stereocenters. The lowest BCUT2D eigenvalue weighted by Gasteiger charge is -2.03. The van der Waals surface area contributed by atoms with Crippen LogP contribution in [0.25, 0.3) is 17.0 Å². The van der Waals surface area contributed by atoms with Crippen LogP contribution in [0.1, 0.15) is 11.3 Å². The number of H-pyrrole nitrogens is 1. The van der Waals surface area contributed by atoms with Crippen LogP contribution < -0.4 is 11.3 Å². The number of hydrogen-bond donors (Lipinski definition) is 2. The summed E-state index contributed by atoms with van der Waals surface area (Å²) in [4.78, 5) is 21.1. The molecule has 0 amide bonds. The normalized spacial score (nSPS) is 11.1. The number of nitrogens with two attached hydrogens (primary N) is 1. The van der Waals surface area contributed by atoms with Crippen molar-refractivity contribution in [2.24, 2.45) is 5.73 Å². The lowest BCUT2D eigenvalue weighted by molar-refractivity contribution is 0.834. The molecule has 0 saturated carbocycles. The summed E-state index contributed by atoms with van der Waals surface area (Å²) >= 11 is 0. The first-order valence-electron chi connectivity index (χ1n) is 6.43. The highest BCUT2D eigenvalue weighted by molar-refractivity contribution is 5.60. The Kier molecular flexibility index (Phi) is 3.08. The van der Waals surface area contributed by atoms with E-state index in [1.54, 1.807) is 6.20 Å². The molecule has 3 aromatic heterocycles. The third-order valence-corrected chi connectivity index (χ3v) is 3.25. The second-order valence-electron chi connectivity index (χ2n) is 4.60. The molecule has 3 N–H and O–H groups in total. The number of aromatic nitrogens is 4. The molecule has 102 valence electrons. The van der Waals surface area contributed by atoms with Crippen LogP contribution in [-0.4, -0.2) is 26.1 Å². The Balaban J connectivity index is 2.22. The van der Waals surface area contributed by atoms with E-state index in [9.17, 15) is 4.79 Å². The van der Waals surface area contributed by atoms with Gasteiger partial charge in [-0.1, -0.05) is 6.07 Å². The molecule has 0 aliphatic carbocycles. The zero-order chi connectivity index (χ0) is 14.1. The molecule has 0 unspecified atom stereocenters. The number of nitrogens with one attached hydrogen (secondary N) is 1. The first-order chi connectivity index (χ1) is 9.70. The van der Waals surface area contributed by atoms with Crippen molar-refractivity contribution in [2.75, 3.05) is 6.54 Å². The molecule has 0 bridgehead atoms. The van der Waals surface area contributed by atoms with Gasteiger partial charge in [-0.2, -0.15) is 0 Å². The Morgan fingerprint density at radius 3 is 2.95 bits per heavy atom. The van der Waals surface area contributed by atoms with E-state index in [1.807, 2.05) is 31.2 Å². The monoisotopic (exact) mass is 269 g/mol. The van der Waals surface area contributed by atoms with Crippen LogP contribution in [0, 0.1) is 6.92 Å². The van der Waals surface area contributed by atoms with E-state index < -0.39 is 0 Å². The minimum atomic E-state index is -0.0971. The van der Waals surface area contributed by atoms with E-state index in [0.29, 0.717) is 24.2 Å². The molecule has 6 heteroatoms. The van der Waals surface area contributed by atoms with E-state index >= 15 is 0 Å². The quantitative estimate of drug-likeness (QED) is 0.739. The predicted molar refractivity (Wildman–Crippen MR) is 76.5 cm³/mol. The van der Waals surface area contributed by atoms with Gasteiger partial charge in [-0.05, 0) is 32.0 Å². The Morgan fingerprint density at radius 2 is 2.25 bits per heavy atom. The van der Waals surface area contributed by atoms with Crippen molar-refractivity contribution < 1.29 is 0 Å². The third-order valence-electron chi connectivity index (χ3n) is 3.25. The third kappa shape index (κ3) is 2.00. The molecular weight excluding hydrogens is 254 g/mol. The summed E-state index contributed by atoms with van der Waals surface area (Å²) in [5.74, 6) is 0. The van der Waals surface area contributed by atoms with Crippen molar-refractivity contribution in [3.63, 3.8) is 0 Å². The fraction of sp³-hybridized carbons (Fsp3) is 0.214. The Bertz CT molecular complexity index is 804. The summed E-state index contributed by atoms with van der Waals surface area (Å²) < 4.78 is 1.45. The van der Waals surface area contributed by atoms with Crippen molar-refractivity contribution in [1.29, 1.82) is 0 Å². The van der Waals surface area contributed by atoms with E-state index in [1.165, 1.54) is 4.52 Å². The van der Waals surface area contributed by atoms with Crippen molar-refractivity contribution in [3.05, 3.63) is 52.1 Å². The number of nitrogens with zero attached hydrogens (tertiary/aromatic N) is 3. The smallest absolute Gasteiger partial charge is 0.276 e. The summed E-state index contributed by atoms with van der Waals surface area (Å²) in [6, 6.07) is 7.45. The minimum absolute atomic E-state index is 0.0971. The second kappa shape index (κ2) is 4.90. The van der Waals surface area contributed by atoms with Crippen LogP contribution in [0.5, 0.6) is 0 Å². The van der Waals surface area contributed by atoms with Gasteiger partial charge < -0.3 is 5.73 Å². The summed E-state index contributed by atoms with van der Waals surface area (Å²) in [6.07, 6.45) is 2.24. The largest absolute Gasteiger partial charge is 0.330 e. The zero-order valence-electron chi connectivity index (χ0n) is 11.1. The number of hydrogen-bond acceptors (Lipinski definition) is 4. The van der Waals surface area contributed by atoms with Crippen LogP contribution >= 0.6 is 0 Å². The molecule has 0 saturated heterocycles. The molecule has 3 heterocycles. The van der Waals surface area contributed by atoms with Crippen LogP contribution in [0.3, 0.4) is 0 Å². The molecule has 0 aliphatic heterocycles. The lowest BCUT2D eigenvalue weighted by atomic mass is 10.2. The number of rotatable bonds is 3. The molecule has 0 fully saturated rings. The maximum absolute atomic E-state index is 12.4. The fourth-order valence-electron chi connectivity index (χ4n) is 2.26. The van der Waals surface area contributed by atoms with Gasteiger partial charge in [-0.15, -0.1) is 0 Å². The Morgan fingerprint density at radius 1 is 1.40 bits per heavy atom.